The van der Waals surface area contributed by atoms with Crippen molar-refractivity contribution in [2.24, 2.45) is 0 Å². The summed E-state index contributed by atoms with van der Waals surface area (Å²) in [4.78, 5) is 26.5. The van der Waals surface area contributed by atoms with Crippen molar-refractivity contribution in [1.82, 2.24) is 19.9 Å². The van der Waals surface area contributed by atoms with Gasteiger partial charge in [-0.25, -0.2) is 9.97 Å². The number of aryl methyl sites for hydroxylation is 2. The molecule has 0 unspecified atom stereocenters. The van der Waals surface area contributed by atoms with Crippen LogP contribution in [0.25, 0.3) is 33.5 Å². The number of aromatic amines is 1. The number of benzene rings is 3. The molecule has 5 rings (SSSR count). The van der Waals surface area contributed by atoms with Gasteiger partial charge in [-0.1, -0.05) is 48.5 Å². The van der Waals surface area contributed by atoms with Crippen LogP contribution in [0.15, 0.2) is 85.2 Å². The molecule has 3 aromatic carbocycles. The van der Waals surface area contributed by atoms with Crippen molar-refractivity contribution in [3.05, 3.63) is 102 Å². The van der Waals surface area contributed by atoms with Gasteiger partial charge >= 0.3 is 0 Å². The highest BCUT2D eigenvalue weighted by Crippen LogP contribution is 2.29. The van der Waals surface area contributed by atoms with Crippen molar-refractivity contribution in [2.45, 2.75) is 12.8 Å². The minimum absolute atomic E-state index is 0.0185. The van der Waals surface area contributed by atoms with Crippen molar-refractivity contribution in [1.29, 1.82) is 0 Å². The van der Waals surface area contributed by atoms with E-state index in [2.05, 4.69) is 46.4 Å². The van der Waals surface area contributed by atoms with Gasteiger partial charge in [0.15, 0.2) is 5.65 Å². The molecule has 1 amide bonds. The lowest BCUT2D eigenvalue weighted by atomic mass is 10.0. The molecule has 0 spiro atoms. The number of carbonyl (C=O) groups excluding carboxylic acids is 1. The molecule has 6 heteroatoms. The number of methoxy groups -OCH3 is 1. The van der Waals surface area contributed by atoms with Crippen LogP contribution < -0.4 is 4.74 Å². The first kappa shape index (κ1) is 23.3. The van der Waals surface area contributed by atoms with Gasteiger partial charge in [0.25, 0.3) is 5.91 Å². The van der Waals surface area contributed by atoms with Crippen molar-refractivity contribution in [3.63, 3.8) is 0 Å². The second-order valence-corrected chi connectivity index (χ2v) is 8.98. The largest absolute Gasteiger partial charge is 0.497 e. The number of hydrogen-bond acceptors (Lipinski definition) is 4. The van der Waals surface area contributed by atoms with E-state index in [1.54, 1.807) is 32.3 Å². The molecule has 0 saturated heterocycles. The summed E-state index contributed by atoms with van der Waals surface area (Å²) >= 11 is 0. The van der Waals surface area contributed by atoms with E-state index in [1.807, 2.05) is 42.6 Å². The SMILES string of the molecule is COc1ccc(CCc2ccc(-c3cnc4[nH]cc(-c5ccc(C(=O)N(C)C)cc5)c4n3)cc2)cc1. The first-order chi connectivity index (χ1) is 17.5. The number of nitrogens with zero attached hydrogens (tertiary/aromatic N) is 3. The Hall–Kier alpha value is -4.45. The maximum atomic E-state index is 12.2. The molecule has 2 heterocycles. The lowest BCUT2D eigenvalue weighted by Gasteiger charge is -2.10. The Kier molecular flexibility index (Phi) is 6.50. The zero-order chi connectivity index (χ0) is 25.1. The Bertz CT molecular complexity index is 1490. The quantitative estimate of drug-likeness (QED) is 0.323. The predicted molar refractivity (Wildman–Crippen MR) is 143 cm³/mol. The van der Waals surface area contributed by atoms with E-state index in [0.717, 1.165) is 52.1 Å². The molecular weight excluding hydrogens is 448 g/mol. The lowest BCUT2D eigenvalue weighted by molar-refractivity contribution is 0.0827. The molecular formula is C30H28N4O2. The van der Waals surface area contributed by atoms with Gasteiger partial charge in [-0.3, -0.25) is 4.79 Å². The number of carbonyl (C=O) groups is 1. The molecule has 0 fully saturated rings. The molecule has 1 N–H and O–H groups in total. The Morgan fingerprint density at radius 1 is 0.861 bits per heavy atom. The summed E-state index contributed by atoms with van der Waals surface area (Å²) < 4.78 is 5.24. The number of nitrogens with one attached hydrogen (secondary N) is 1. The molecule has 0 atom stereocenters. The fraction of sp³-hybridized carbons (Fsp3) is 0.167. The lowest BCUT2D eigenvalue weighted by Crippen LogP contribution is -2.21. The highest BCUT2D eigenvalue weighted by atomic mass is 16.5. The van der Waals surface area contributed by atoms with E-state index in [9.17, 15) is 4.79 Å². The zero-order valence-electron chi connectivity index (χ0n) is 20.7. The van der Waals surface area contributed by atoms with Crippen LogP contribution in [-0.2, 0) is 12.8 Å². The topological polar surface area (TPSA) is 71.1 Å². The molecule has 6 nitrogen and oxygen atoms in total. The van der Waals surface area contributed by atoms with Crippen LogP contribution in [0.4, 0.5) is 0 Å². The van der Waals surface area contributed by atoms with Crippen molar-refractivity contribution in [3.8, 4) is 28.1 Å². The molecule has 0 saturated carbocycles. The van der Waals surface area contributed by atoms with E-state index in [0.29, 0.717) is 5.56 Å². The number of H-pyrrole nitrogens is 1. The van der Waals surface area contributed by atoms with Crippen LogP contribution in [0.5, 0.6) is 5.75 Å². The number of rotatable bonds is 7. The normalized spacial score (nSPS) is 11.0. The van der Waals surface area contributed by atoms with Gasteiger partial charge in [-0.15, -0.1) is 0 Å². The summed E-state index contributed by atoms with van der Waals surface area (Å²) in [6, 6.07) is 24.3. The number of amides is 1. The standard InChI is InChI=1S/C30H28N4O2/c1-34(2)30(35)24-14-12-22(13-15-24)26-18-31-29-28(26)33-27(19-32-29)23-10-6-20(7-11-23)4-5-21-8-16-25(36-3)17-9-21/h6-19H,4-5H2,1-3H3,(H,31,32). The number of ether oxygens (including phenoxy) is 1. The molecule has 0 radical (unpaired) electrons. The molecule has 0 aliphatic rings. The highest BCUT2D eigenvalue weighted by Gasteiger charge is 2.13. The maximum Gasteiger partial charge on any atom is 0.253 e. The minimum atomic E-state index is -0.0185. The first-order valence-corrected chi connectivity index (χ1v) is 11.9. The zero-order valence-corrected chi connectivity index (χ0v) is 20.7. The average molecular weight is 477 g/mol. The fourth-order valence-corrected chi connectivity index (χ4v) is 4.22. The van der Waals surface area contributed by atoms with Gasteiger partial charge in [0.05, 0.1) is 19.0 Å². The first-order valence-electron chi connectivity index (χ1n) is 11.9. The van der Waals surface area contributed by atoms with Crippen LogP contribution in [0.3, 0.4) is 0 Å². The smallest absolute Gasteiger partial charge is 0.253 e. The fourth-order valence-electron chi connectivity index (χ4n) is 4.22. The van der Waals surface area contributed by atoms with Crippen molar-refractivity contribution < 1.29 is 9.53 Å². The van der Waals surface area contributed by atoms with Crippen LogP contribution >= 0.6 is 0 Å². The molecule has 0 bridgehead atoms. The summed E-state index contributed by atoms with van der Waals surface area (Å²) in [7, 11) is 5.18. The highest BCUT2D eigenvalue weighted by molar-refractivity contribution is 5.96. The van der Waals surface area contributed by atoms with Crippen LogP contribution in [0.2, 0.25) is 0 Å². The Morgan fingerprint density at radius 3 is 2.08 bits per heavy atom. The average Bonchev–Trinajstić information content (AvgIpc) is 3.35. The van der Waals surface area contributed by atoms with Gasteiger partial charge in [0.2, 0.25) is 0 Å². The van der Waals surface area contributed by atoms with Crippen LogP contribution in [0.1, 0.15) is 21.5 Å². The van der Waals surface area contributed by atoms with Crippen LogP contribution in [-0.4, -0.2) is 47.0 Å². The van der Waals surface area contributed by atoms with Crippen molar-refractivity contribution >= 4 is 17.1 Å². The molecule has 0 aliphatic carbocycles. The van der Waals surface area contributed by atoms with E-state index in [1.165, 1.54) is 11.1 Å². The summed E-state index contributed by atoms with van der Waals surface area (Å²) in [5.74, 6) is 0.859. The summed E-state index contributed by atoms with van der Waals surface area (Å²) in [6.07, 6.45) is 5.65. The Morgan fingerprint density at radius 2 is 1.47 bits per heavy atom. The Balaban J connectivity index is 1.34. The number of hydrogen-bond donors (Lipinski definition) is 1. The minimum Gasteiger partial charge on any atom is -0.497 e. The molecule has 0 aliphatic heterocycles. The second-order valence-electron chi connectivity index (χ2n) is 8.98. The van der Waals surface area contributed by atoms with E-state index in [-0.39, 0.29) is 5.91 Å². The van der Waals surface area contributed by atoms with Gasteiger partial charge < -0.3 is 14.6 Å². The van der Waals surface area contributed by atoms with E-state index in [4.69, 9.17) is 9.72 Å². The van der Waals surface area contributed by atoms with E-state index >= 15 is 0 Å². The predicted octanol–water partition coefficient (Wildman–Crippen LogP) is 5.79. The Labute approximate surface area is 210 Å². The number of aromatic nitrogens is 3. The molecule has 2 aromatic heterocycles. The monoisotopic (exact) mass is 476 g/mol. The van der Waals surface area contributed by atoms with Crippen LogP contribution in [0, 0.1) is 0 Å². The maximum absolute atomic E-state index is 12.2. The number of fused-ring (bicyclic) bond motifs is 1. The van der Waals surface area contributed by atoms with Gasteiger partial charge in [-0.05, 0) is 53.8 Å². The third-order valence-corrected chi connectivity index (χ3v) is 6.34. The van der Waals surface area contributed by atoms with Gasteiger partial charge in [0, 0.05) is 37.0 Å². The van der Waals surface area contributed by atoms with E-state index < -0.39 is 0 Å². The third-order valence-electron chi connectivity index (χ3n) is 6.34. The molecule has 180 valence electrons. The van der Waals surface area contributed by atoms with Gasteiger partial charge in [-0.2, -0.15) is 0 Å². The summed E-state index contributed by atoms with van der Waals surface area (Å²) in [6.45, 7) is 0. The summed E-state index contributed by atoms with van der Waals surface area (Å²) in [5.41, 5.74) is 8.55. The van der Waals surface area contributed by atoms with Crippen molar-refractivity contribution in [2.75, 3.05) is 21.2 Å². The molecule has 36 heavy (non-hydrogen) atoms. The summed E-state index contributed by atoms with van der Waals surface area (Å²) in [5, 5.41) is 0. The second kappa shape index (κ2) is 10.0. The van der Waals surface area contributed by atoms with Gasteiger partial charge in [0.1, 0.15) is 11.3 Å². The third kappa shape index (κ3) is 4.84. The molecule has 5 aromatic rings.